The smallest absolute Gasteiger partial charge is 0.243 e. The average Bonchev–Trinajstić information content (AvgIpc) is 3.49. The first-order valence-corrected chi connectivity index (χ1v) is 14.9. The van der Waals surface area contributed by atoms with E-state index < -0.39 is 15.4 Å². The van der Waals surface area contributed by atoms with E-state index in [9.17, 15) is 12.8 Å². The predicted octanol–water partition coefficient (Wildman–Crippen LogP) is 4.91. The summed E-state index contributed by atoms with van der Waals surface area (Å²) in [5, 5.41) is 4.58. The van der Waals surface area contributed by atoms with Crippen molar-refractivity contribution in [3.8, 4) is 5.69 Å². The fraction of sp³-hybridized carbons (Fsp3) is 0.433. The van der Waals surface area contributed by atoms with Crippen molar-refractivity contribution in [2.75, 3.05) is 44.8 Å². The Morgan fingerprint density at radius 2 is 1.72 bits per heavy atom. The van der Waals surface area contributed by atoms with Crippen LogP contribution >= 0.6 is 0 Å². The number of halogens is 1. The number of nitrogens with zero attached hydrogens (tertiary/aromatic N) is 4. The number of anilines is 1. The van der Waals surface area contributed by atoms with E-state index in [-0.39, 0.29) is 11.2 Å². The molecule has 0 bridgehead atoms. The second-order valence-electron chi connectivity index (χ2n) is 11.9. The molecule has 6 rings (SSSR count). The number of benzene rings is 2. The van der Waals surface area contributed by atoms with Gasteiger partial charge in [-0.2, -0.15) is 9.40 Å². The van der Waals surface area contributed by atoms with Gasteiger partial charge in [-0.15, -0.1) is 0 Å². The number of methoxy groups -OCH3 is 1. The van der Waals surface area contributed by atoms with Crippen LogP contribution in [0.25, 0.3) is 11.8 Å². The number of piperidine rings is 1. The van der Waals surface area contributed by atoms with Gasteiger partial charge < -0.3 is 9.64 Å². The number of fused-ring (bicyclic) bond motifs is 2. The minimum Gasteiger partial charge on any atom is -0.384 e. The molecule has 0 N–H and O–H groups in total. The predicted molar refractivity (Wildman–Crippen MR) is 150 cm³/mol. The van der Waals surface area contributed by atoms with Crippen molar-refractivity contribution in [1.82, 2.24) is 14.1 Å². The van der Waals surface area contributed by atoms with Crippen LogP contribution in [0.3, 0.4) is 0 Å². The fourth-order valence-corrected chi connectivity index (χ4v) is 7.93. The molecule has 2 fully saturated rings. The van der Waals surface area contributed by atoms with E-state index in [4.69, 9.17) is 4.74 Å². The first kappa shape index (κ1) is 26.2. The van der Waals surface area contributed by atoms with Crippen molar-refractivity contribution in [1.29, 1.82) is 0 Å². The van der Waals surface area contributed by atoms with Gasteiger partial charge in [0.1, 0.15) is 5.82 Å². The molecule has 0 spiro atoms. The molecule has 0 amide bonds. The lowest BCUT2D eigenvalue weighted by Gasteiger charge is -2.45. The summed E-state index contributed by atoms with van der Waals surface area (Å²) in [4.78, 5) is 2.65. The quantitative estimate of drug-likeness (QED) is 0.436. The van der Waals surface area contributed by atoms with Gasteiger partial charge in [-0.1, -0.05) is 19.4 Å². The van der Waals surface area contributed by atoms with E-state index in [0.717, 1.165) is 42.1 Å². The lowest BCUT2D eigenvalue weighted by Crippen LogP contribution is -2.51. The summed E-state index contributed by atoms with van der Waals surface area (Å²) in [6.07, 6.45) is 6.32. The van der Waals surface area contributed by atoms with Gasteiger partial charge in [0.25, 0.3) is 0 Å². The molecular formula is C30H35FN4O3S. The molecule has 2 saturated heterocycles. The van der Waals surface area contributed by atoms with Crippen LogP contribution in [-0.2, 0) is 21.2 Å². The van der Waals surface area contributed by atoms with Crippen molar-refractivity contribution in [3.63, 3.8) is 0 Å². The molecule has 3 aromatic rings. The summed E-state index contributed by atoms with van der Waals surface area (Å²) in [5.41, 5.74) is 4.81. The zero-order valence-corrected chi connectivity index (χ0v) is 23.5. The van der Waals surface area contributed by atoms with Crippen molar-refractivity contribution < 1.29 is 17.5 Å². The lowest BCUT2D eigenvalue weighted by atomic mass is 9.69. The Kier molecular flexibility index (Phi) is 6.44. The minimum absolute atomic E-state index is 0.273. The van der Waals surface area contributed by atoms with Gasteiger partial charge in [-0.05, 0) is 84.8 Å². The van der Waals surface area contributed by atoms with Crippen LogP contribution < -0.4 is 4.90 Å². The Hall–Kier alpha value is -3.01. The maximum atomic E-state index is 13.8. The van der Waals surface area contributed by atoms with E-state index in [2.05, 4.69) is 29.9 Å². The number of ether oxygens (including phenoxy) is 1. The Morgan fingerprint density at radius 1 is 1.00 bits per heavy atom. The highest BCUT2D eigenvalue weighted by Crippen LogP contribution is 2.45. The van der Waals surface area contributed by atoms with Crippen LogP contribution in [-0.4, -0.2) is 62.4 Å². The minimum atomic E-state index is -3.68. The number of rotatable bonds is 6. The van der Waals surface area contributed by atoms with Gasteiger partial charge in [0, 0.05) is 44.4 Å². The number of sulfonamides is 1. The van der Waals surface area contributed by atoms with Crippen molar-refractivity contribution in [2.24, 2.45) is 10.8 Å². The Balaban J connectivity index is 1.26. The molecule has 0 saturated carbocycles. The highest BCUT2D eigenvalue weighted by molar-refractivity contribution is 7.89. The van der Waals surface area contributed by atoms with Gasteiger partial charge in [0.15, 0.2) is 0 Å². The fourth-order valence-electron chi connectivity index (χ4n) is 6.40. The third-order valence-electron chi connectivity index (χ3n) is 8.53. The summed E-state index contributed by atoms with van der Waals surface area (Å²) in [5.74, 6) is -0.291. The number of aromatic nitrogens is 2. The highest BCUT2D eigenvalue weighted by Gasteiger charge is 2.46. The zero-order chi connectivity index (χ0) is 27.4. The summed E-state index contributed by atoms with van der Waals surface area (Å²) >= 11 is 0. The summed E-state index contributed by atoms with van der Waals surface area (Å²) in [6.45, 7) is 7.65. The molecule has 9 heteroatoms. The lowest BCUT2D eigenvalue weighted by molar-refractivity contribution is 0.0733. The van der Waals surface area contributed by atoms with Crippen molar-refractivity contribution in [2.45, 2.75) is 38.0 Å². The Morgan fingerprint density at radius 3 is 2.38 bits per heavy atom. The SMILES string of the molecule is COC[C@]12Cc3cnn(-c4ccc(F)cc4)c3C=C1CCN(S(=O)(=O)c1ccc(N3CCC(C)(C)C3)cc1)C2. The van der Waals surface area contributed by atoms with Crippen LogP contribution in [0.1, 0.15) is 37.9 Å². The summed E-state index contributed by atoms with van der Waals surface area (Å²) < 4.78 is 50.2. The van der Waals surface area contributed by atoms with E-state index >= 15 is 0 Å². The third-order valence-corrected chi connectivity index (χ3v) is 10.4. The van der Waals surface area contributed by atoms with E-state index in [1.54, 1.807) is 35.7 Å². The van der Waals surface area contributed by atoms with E-state index in [1.807, 2.05) is 23.0 Å². The second-order valence-corrected chi connectivity index (χ2v) is 13.9. The van der Waals surface area contributed by atoms with Gasteiger partial charge in [-0.3, -0.25) is 0 Å². The van der Waals surface area contributed by atoms with Gasteiger partial charge in [0.05, 0.1) is 29.1 Å². The monoisotopic (exact) mass is 550 g/mol. The Bertz CT molecular complexity index is 1510. The molecule has 0 unspecified atom stereocenters. The average molecular weight is 551 g/mol. The van der Waals surface area contributed by atoms with Gasteiger partial charge in [-0.25, -0.2) is 17.5 Å². The van der Waals surface area contributed by atoms with E-state index in [0.29, 0.717) is 37.4 Å². The van der Waals surface area contributed by atoms with Crippen LogP contribution in [0.5, 0.6) is 0 Å². The first-order chi connectivity index (χ1) is 18.6. The van der Waals surface area contributed by atoms with E-state index in [1.165, 1.54) is 17.7 Å². The molecule has 2 aromatic carbocycles. The van der Waals surface area contributed by atoms with Gasteiger partial charge in [0.2, 0.25) is 10.0 Å². The van der Waals surface area contributed by atoms with Gasteiger partial charge >= 0.3 is 0 Å². The molecular weight excluding hydrogens is 515 g/mol. The second kappa shape index (κ2) is 9.57. The van der Waals surface area contributed by atoms with Crippen LogP contribution in [0.15, 0.2) is 65.2 Å². The Labute approximate surface area is 229 Å². The number of hydrogen-bond donors (Lipinski definition) is 0. The zero-order valence-electron chi connectivity index (χ0n) is 22.7. The largest absolute Gasteiger partial charge is 0.384 e. The molecule has 3 aliphatic rings. The summed E-state index contributed by atoms with van der Waals surface area (Å²) in [7, 11) is -2.01. The molecule has 1 aromatic heterocycles. The molecule has 1 aliphatic carbocycles. The molecule has 1 atom stereocenters. The normalized spacial score (nSPS) is 22.9. The number of hydrogen-bond acceptors (Lipinski definition) is 5. The molecule has 39 heavy (non-hydrogen) atoms. The molecule has 3 heterocycles. The van der Waals surface area contributed by atoms with Crippen LogP contribution in [0.4, 0.5) is 10.1 Å². The molecule has 7 nitrogen and oxygen atoms in total. The topological polar surface area (TPSA) is 67.7 Å². The standard InChI is InChI=1S/C30H35FN4O3S/c1-29(2)13-15-33(19-29)25-8-10-27(11-9-25)39(36,37)34-14-12-23-16-28-22(17-30(23,20-34)21-38-3)18-32-35(28)26-6-4-24(31)5-7-26/h4-11,16,18H,12-15,17,19-21H2,1-3H3/t30-/m1/s1. The molecule has 206 valence electrons. The maximum absolute atomic E-state index is 13.8. The molecule has 2 aliphatic heterocycles. The summed E-state index contributed by atoms with van der Waals surface area (Å²) in [6, 6.07) is 13.6. The molecule has 0 radical (unpaired) electrons. The highest BCUT2D eigenvalue weighted by atomic mass is 32.2. The van der Waals surface area contributed by atoms with Crippen LogP contribution in [0, 0.1) is 16.6 Å². The van der Waals surface area contributed by atoms with Crippen LogP contribution in [0.2, 0.25) is 0 Å². The third kappa shape index (κ3) is 4.70. The van der Waals surface area contributed by atoms with Crippen molar-refractivity contribution >= 4 is 21.8 Å². The maximum Gasteiger partial charge on any atom is 0.243 e. The van der Waals surface area contributed by atoms with Crippen molar-refractivity contribution in [3.05, 3.63) is 77.4 Å². The first-order valence-electron chi connectivity index (χ1n) is 13.5.